The van der Waals surface area contributed by atoms with Crippen LogP contribution in [0, 0.1) is 11.3 Å². The standard InChI is InChI=1S/C30H27ClN6O3/c31-22-8-11-26(34-17-22)40-24-9-6-21(7-10-24)27-25(16-32)28(33)37(35-27)23-12-13-30(14-15-30)36(18-23)29(38)39-19-20-4-2-1-3-5-20/h1-11,17,23H,12-15,18-19,33H2. The molecule has 4 aromatic rings. The van der Waals surface area contributed by atoms with Gasteiger partial charge in [0.15, 0.2) is 0 Å². The number of nitrogens with two attached hydrogens (primary N) is 1. The number of benzene rings is 2. The first-order valence-electron chi connectivity index (χ1n) is 13.1. The van der Waals surface area contributed by atoms with Crippen LogP contribution < -0.4 is 10.5 Å². The van der Waals surface area contributed by atoms with Crippen molar-refractivity contribution >= 4 is 23.5 Å². The summed E-state index contributed by atoms with van der Waals surface area (Å²) in [5.74, 6) is 1.29. The molecule has 0 bridgehead atoms. The Labute approximate surface area is 236 Å². The lowest BCUT2D eigenvalue weighted by Gasteiger charge is -2.39. The zero-order valence-electron chi connectivity index (χ0n) is 21.7. The molecule has 6 rings (SSSR count). The maximum Gasteiger partial charge on any atom is 0.410 e. The van der Waals surface area contributed by atoms with Gasteiger partial charge in [0.1, 0.15) is 35.5 Å². The van der Waals surface area contributed by atoms with E-state index in [0.717, 1.165) is 36.8 Å². The topological polar surface area (TPSA) is 119 Å². The molecular weight excluding hydrogens is 528 g/mol. The zero-order chi connectivity index (χ0) is 27.7. The number of carbonyl (C=O) groups excluding carboxylic acids is 1. The SMILES string of the molecule is N#Cc1c(-c2ccc(Oc3ccc(Cl)cn3)cc2)nn(C2CCC3(CC3)N(C(=O)OCc3ccccc3)C2)c1N. The maximum absolute atomic E-state index is 13.2. The first-order chi connectivity index (χ1) is 19.5. The Morgan fingerprint density at radius 1 is 1.10 bits per heavy atom. The highest BCUT2D eigenvalue weighted by molar-refractivity contribution is 6.30. The van der Waals surface area contributed by atoms with Gasteiger partial charge in [0, 0.05) is 29.9 Å². The molecule has 1 aliphatic carbocycles. The van der Waals surface area contributed by atoms with Gasteiger partial charge in [-0.3, -0.25) is 0 Å². The van der Waals surface area contributed by atoms with Gasteiger partial charge in [0.25, 0.3) is 0 Å². The third-order valence-electron chi connectivity index (χ3n) is 7.62. The van der Waals surface area contributed by atoms with Crippen LogP contribution in [0.5, 0.6) is 11.6 Å². The smallest absolute Gasteiger partial charge is 0.410 e. The van der Waals surface area contributed by atoms with Gasteiger partial charge in [-0.1, -0.05) is 41.9 Å². The van der Waals surface area contributed by atoms with E-state index in [9.17, 15) is 10.1 Å². The number of carbonyl (C=O) groups is 1. The molecule has 1 saturated heterocycles. The fourth-order valence-electron chi connectivity index (χ4n) is 5.26. The van der Waals surface area contributed by atoms with E-state index in [1.807, 2.05) is 47.4 Å². The third kappa shape index (κ3) is 5.06. The monoisotopic (exact) mass is 554 g/mol. The zero-order valence-corrected chi connectivity index (χ0v) is 22.4. The lowest BCUT2D eigenvalue weighted by atomic mass is 9.96. The first kappa shape index (κ1) is 25.7. The lowest BCUT2D eigenvalue weighted by molar-refractivity contribution is 0.0468. The number of halogens is 1. The molecule has 1 atom stereocenters. The molecule has 0 radical (unpaired) electrons. The Bertz CT molecular complexity index is 1560. The van der Waals surface area contributed by atoms with E-state index < -0.39 is 0 Å². The first-order valence-corrected chi connectivity index (χ1v) is 13.5. The molecule has 3 heterocycles. The van der Waals surface area contributed by atoms with Crippen molar-refractivity contribution in [3.63, 3.8) is 0 Å². The molecule has 2 N–H and O–H groups in total. The number of rotatable bonds is 6. The third-order valence-corrected chi connectivity index (χ3v) is 7.84. The summed E-state index contributed by atoms with van der Waals surface area (Å²) in [6.45, 7) is 0.641. The van der Waals surface area contributed by atoms with Crippen molar-refractivity contribution in [1.82, 2.24) is 19.7 Å². The number of nitrogens with zero attached hydrogens (tertiary/aromatic N) is 5. The van der Waals surface area contributed by atoms with E-state index in [-0.39, 0.29) is 30.1 Å². The largest absolute Gasteiger partial charge is 0.445 e. The maximum atomic E-state index is 13.2. The fourth-order valence-corrected chi connectivity index (χ4v) is 5.37. The Morgan fingerprint density at radius 2 is 1.88 bits per heavy atom. The van der Waals surface area contributed by atoms with E-state index >= 15 is 0 Å². The van der Waals surface area contributed by atoms with Crippen LogP contribution >= 0.6 is 11.6 Å². The molecule has 2 fully saturated rings. The molecule has 9 nitrogen and oxygen atoms in total. The van der Waals surface area contributed by atoms with Crippen LogP contribution in [0.25, 0.3) is 11.3 Å². The Morgan fingerprint density at radius 3 is 2.55 bits per heavy atom. The molecule has 1 unspecified atom stereocenters. The van der Waals surface area contributed by atoms with E-state index in [0.29, 0.717) is 34.5 Å². The highest BCUT2D eigenvalue weighted by Crippen LogP contribution is 2.51. The van der Waals surface area contributed by atoms with Gasteiger partial charge in [0.2, 0.25) is 5.88 Å². The number of hydrogen-bond acceptors (Lipinski definition) is 7. The van der Waals surface area contributed by atoms with Crippen LogP contribution in [0.2, 0.25) is 5.02 Å². The summed E-state index contributed by atoms with van der Waals surface area (Å²) in [6, 6.07) is 22.3. The normalized spacial score (nSPS) is 17.3. The molecule has 2 aromatic heterocycles. The molecular formula is C30H27ClN6O3. The quantitative estimate of drug-likeness (QED) is 0.295. The number of nitrogen functional groups attached to an aromatic ring is 1. The molecule has 40 heavy (non-hydrogen) atoms. The van der Waals surface area contributed by atoms with Gasteiger partial charge >= 0.3 is 6.09 Å². The van der Waals surface area contributed by atoms with Crippen molar-refractivity contribution in [3.05, 3.63) is 89.1 Å². The predicted molar refractivity (Wildman–Crippen MR) is 150 cm³/mol. The second kappa shape index (κ2) is 10.5. The van der Waals surface area contributed by atoms with Crippen molar-refractivity contribution in [2.24, 2.45) is 0 Å². The minimum Gasteiger partial charge on any atom is -0.445 e. The number of anilines is 1. The number of hydrogen-bond donors (Lipinski definition) is 1. The average Bonchev–Trinajstić information content (AvgIpc) is 3.67. The summed E-state index contributed by atoms with van der Waals surface area (Å²) >= 11 is 5.89. The Balaban J connectivity index is 1.20. The van der Waals surface area contributed by atoms with E-state index in [2.05, 4.69) is 11.1 Å². The number of pyridine rings is 1. The van der Waals surface area contributed by atoms with E-state index in [1.54, 1.807) is 28.9 Å². The molecule has 2 aromatic carbocycles. The van der Waals surface area contributed by atoms with Crippen molar-refractivity contribution in [3.8, 4) is 29.0 Å². The van der Waals surface area contributed by atoms with Crippen LogP contribution in [0.3, 0.4) is 0 Å². The minimum atomic E-state index is -0.330. The summed E-state index contributed by atoms with van der Waals surface area (Å²) in [7, 11) is 0. The summed E-state index contributed by atoms with van der Waals surface area (Å²) in [5.41, 5.74) is 8.77. The summed E-state index contributed by atoms with van der Waals surface area (Å²) in [6.07, 6.45) is 4.75. The second-order valence-corrected chi connectivity index (χ2v) is 10.6. The second-order valence-electron chi connectivity index (χ2n) is 10.2. The van der Waals surface area contributed by atoms with Crippen molar-refractivity contribution in [2.75, 3.05) is 12.3 Å². The van der Waals surface area contributed by atoms with Gasteiger partial charge in [-0.2, -0.15) is 10.4 Å². The van der Waals surface area contributed by atoms with Gasteiger partial charge in [-0.15, -0.1) is 0 Å². The van der Waals surface area contributed by atoms with Gasteiger partial charge in [-0.25, -0.2) is 14.5 Å². The number of ether oxygens (including phenoxy) is 2. The van der Waals surface area contributed by atoms with Crippen LogP contribution in [0.1, 0.15) is 42.9 Å². The number of aromatic nitrogens is 3. The van der Waals surface area contributed by atoms with E-state index in [4.69, 9.17) is 31.9 Å². The summed E-state index contributed by atoms with van der Waals surface area (Å²) < 4.78 is 13.2. The summed E-state index contributed by atoms with van der Waals surface area (Å²) in [5, 5.41) is 15.2. The van der Waals surface area contributed by atoms with E-state index in [1.165, 1.54) is 6.20 Å². The number of likely N-dealkylation sites (tertiary alicyclic amines) is 1. The molecule has 202 valence electrons. The minimum absolute atomic E-state index is 0.151. The number of amides is 1. The fraction of sp³-hybridized carbons (Fsp3) is 0.267. The molecule has 1 spiro atoms. The molecule has 2 aliphatic rings. The van der Waals surface area contributed by atoms with Gasteiger partial charge in [-0.05, 0) is 61.6 Å². The summed E-state index contributed by atoms with van der Waals surface area (Å²) in [4.78, 5) is 19.2. The van der Waals surface area contributed by atoms with Crippen LogP contribution in [-0.2, 0) is 11.3 Å². The number of piperidine rings is 1. The molecule has 1 aliphatic heterocycles. The van der Waals surface area contributed by atoms with Crippen LogP contribution in [0.4, 0.5) is 10.6 Å². The lowest BCUT2D eigenvalue weighted by Crippen LogP contribution is -2.49. The van der Waals surface area contributed by atoms with Crippen LogP contribution in [0.15, 0.2) is 72.9 Å². The van der Waals surface area contributed by atoms with Crippen LogP contribution in [-0.4, -0.2) is 37.8 Å². The van der Waals surface area contributed by atoms with Gasteiger partial charge < -0.3 is 20.1 Å². The van der Waals surface area contributed by atoms with Crippen molar-refractivity contribution in [1.29, 1.82) is 5.26 Å². The molecule has 1 amide bonds. The van der Waals surface area contributed by atoms with Gasteiger partial charge in [0.05, 0.1) is 11.1 Å². The Hall–Kier alpha value is -4.55. The average molecular weight is 555 g/mol. The molecule has 10 heteroatoms. The number of nitriles is 1. The van der Waals surface area contributed by atoms with Crippen molar-refractivity contribution < 1.29 is 14.3 Å². The predicted octanol–water partition coefficient (Wildman–Crippen LogP) is 6.35. The highest BCUT2D eigenvalue weighted by Gasteiger charge is 2.54. The van der Waals surface area contributed by atoms with Crippen molar-refractivity contribution in [2.45, 2.75) is 43.9 Å². The Kier molecular flexibility index (Phi) is 6.78. The molecule has 1 saturated carbocycles. The highest BCUT2D eigenvalue weighted by atomic mass is 35.5.